The van der Waals surface area contributed by atoms with Crippen molar-refractivity contribution in [2.45, 2.75) is 0 Å². The minimum absolute atomic E-state index is 0.0309. The van der Waals surface area contributed by atoms with Gasteiger partial charge in [0.25, 0.3) is 5.91 Å². The van der Waals surface area contributed by atoms with Crippen LogP contribution in [0.5, 0.6) is 0 Å². The Hall–Kier alpha value is -2.73. The van der Waals surface area contributed by atoms with Crippen molar-refractivity contribution in [2.24, 2.45) is 15.3 Å². The highest BCUT2D eigenvalue weighted by atomic mass is 35.5. The third-order valence-corrected chi connectivity index (χ3v) is 3.10. The molecule has 0 aliphatic carbocycles. The molecule has 22 heavy (non-hydrogen) atoms. The van der Waals surface area contributed by atoms with E-state index in [9.17, 15) is 4.79 Å². The van der Waals surface area contributed by atoms with Crippen LogP contribution < -0.4 is 5.43 Å². The zero-order valence-electron chi connectivity index (χ0n) is 11.4. The van der Waals surface area contributed by atoms with Gasteiger partial charge in [-0.05, 0) is 48.5 Å². The number of hydrogen-bond acceptors (Lipinski definition) is 5. The first-order valence-corrected chi connectivity index (χ1v) is 6.85. The molecule has 0 atom stereocenters. The van der Waals surface area contributed by atoms with Gasteiger partial charge >= 0.3 is 0 Å². The first kappa shape index (κ1) is 14.2. The van der Waals surface area contributed by atoms with E-state index in [0.29, 0.717) is 16.6 Å². The number of amides is 1. The number of hydrazone groups is 1. The van der Waals surface area contributed by atoms with Crippen molar-refractivity contribution < 1.29 is 9.53 Å². The van der Waals surface area contributed by atoms with Crippen LogP contribution in [0.15, 0.2) is 63.9 Å². The summed E-state index contributed by atoms with van der Waals surface area (Å²) in [5.74, 6) is 0.109. The predicted octanol–water partition coefficient (Wildman–Crippen LogP) is 3.56. The lowest BCUT2D eigenvalue weighted by Crippen LogP contribution is -2.32. The van der Waals surface area contributed by atoms with Gasteiger partial charge in [-0.1, -0.05) is 11.6 Å². The SMILES string of the molecule is O=C1COC(c2ccc(N=Nc3ccc(Cl)cc3)cc2)=NN1. The lowest BCUT2D eigenvalue weighted by molar-refractivity contribution is -0.124. The van der Waals surface area contributed by atoms with Crippen LogP contribution in [0, 0.1) is 0 Å². The zero-order chi connectivity index (χ0) is 15.4. The number of rotatable bonds is 3. The summed E-state index contributed by atoms with van der Waals surface area (Å²) < 4.78 is 5.23. The molecule has 1 N–H and O–H groups in total. The standard InChI is InChI=1S/C15H11ClN4O2/c16-11-3-7-13(8-4-11)18-17-12-5-1-10(2-6-12)15-20-19-14(21)9-22-15/h1-8H,9H2,(H,19,21). The van der Waals surface area contributed by atoms with E-state index in [4.69, 9.17) is 16.3 Å². The first-order valence-electron chi connectivity index (χ1n) is 6.48. The van der Waals surface area contributed by atoms with Crippen LogP contribution in [0.2, 0.25) is 5.02 Å². The average molecular weight is 315 g/mol. The number of azo groups is 1. The second kappa shape index (κ2) is 6.36. The van der Waals surface area contributed by atoms with Gasteiger partial charge in [0, 0.05) is 10.6 Å². The van der Waals surface area contributed by atoms with Gasteiger partial charge in [0.2, 0.25) is 5.90 Å². The fraction of sp³-hybridized carbons (Fsp3) is 0.0667. The van der Waals surface area contributed by atoms with Gasteiger partial charge in [0.1, 0.15) is 0 Å². The van der Waals surface area contributed by atoms with Gasteiger partial charge in [-0.2, -0.15) is 10.2 Å². The highest BCUT2D eigenvalue weighted by Gasteiger charge is 2.13. The lowest BCUT2D eigenvalue weighted by Gasteiger charge is -2.13. The Labute approximate surface area is 131 Å². The molecule has 0 saturated heterocycles. The first-order chi connectivity index (χ1) is 10.7. The van der Waals surface area contributed by atoms with Crippen molar-refractivity contribution in [3.05, 3.63) is 59.1 Å². The van der Waals surface area contributed by atoms with Crippen LogP contribution in [0.25, 0.3) is 0 Å². The van der Waals surface area contributed by atoms with E-state index in [-0.39, 0.29) is 12.5 Å². The smallest absolute Gasteiger partial charge is 0.278 e. The Morgan fingerprint density at radius 3 is 2.14 bits per heavy atom. The summed E-state index contributed by atoms with van der Waals surface area (Å²) >= 11 is 5.81. The molecule has 3 rings (SSSR count). The monoisotopic (exact) mass is 314 g/mol. The minimum atomic E-state index is -0.267. The molecule has 0 fully saturated rings. The highest BCUT2D eigenvalue weighted by Crippen LogP contribution is 2.21. The number of ether oxygens (including phenoxy) is 1. The maximum absolute atomic E-state index is 11.0. The second-order valence-corrected chi connectivity index (χ2v) is 4.90. The molecule has 2 aromatic carbocycles. The van der Waals surface area contributed by atoms with E-state index in [1.807, 2.05) is 0 Å². The zero-order valence-corrected chi connectivity index (χ0v) is 12.1. The van der Waals surface area contributed by atoms with Crippen LogP contribution in [0.1, 0.15) is 5.56 Å². The molecule has 6 nitrogen and oxygen atoms in total. The molecule has 0 saturated carbocycles. The maximum Gasteiger partial charge on any atom is 0.278 e. The molecule has 7 heteroatoms. The number of halogens is 1. The topological polar surface area (TPSA) is 75.4 Å². The van der Waals surface area contributed by atoms with Gasteiger partial charge in [-0.15, -0.1) is 5.10 Å². The molecule has 1 amide bonds. The molecule has 1 aliphatic rings. The summed E-state index contributed by atoms with van der Waals surface area (Å²) in [6.07, 6.45) is 0. The number of nitrogens with one attached hydrogen (secondary N) is 1. The summed E-state index contributed by atoms with van der Waals surface area (Å²) in [5.41, 5.74) is 4.54. The lowest BCUT2D eigenvalue weighted by atomic mass is 10.2. The molecule has 2 aromatic rings. The van der Waals surface area contributed by atoms with Gasteiger partial charge < -0.3 is 4.74 Å². The number of nitrogens with zero attached hydrogens (tertiary/aromatic N) is 3. The summed E-state index contributed by atoms with van der Waals surface area (Å²) in [5, 5.41) is 12.8. The maximum atomic E-state index is 11.0. The minimum Gasteiger partial charge on any atom is -0.466 e. The third-order valence-electron chi connectivity index (χ3n) is 2.84. The van der Waals surface area contributed by atoms with Crippen molar-refractivity contribution in [1.29, 1.82) is 0 Å². The Morgan fingerprint density at radius 2 is 1.59 bits per heavy atom. The van der Waals surface area contributed by atoms with Crippen molar-refractivity contribution in [3.63, 3.8) is 0 Å². The highest BCUT2D eigenvalue weighted by molar-refractivity contribution is 6.30. The van der Waals surface area contributed by atoms with Gasteiger partial charge in [-0.3, -0.25) is 4.79 Å². The molecular weight excluding hydrogens is 304 g/mol. The van der Waals surface area contributed by atoms with Crippen LogP contribution in [-0.2, 0) is 9.53 Å². The molecule has 0 aromatic heterocycles. The normalized spacial score (nSPS) is 14.4. The molecule has 0 unspecified atom stereocenters. The Bertz CT molecular complexity index is 739. The fourth-order valence-electron chi connectivity index (χ4n) is 1.75. The van der Waals surface area contributed by atoms with E-state index < -0.39 is 0 Å². The molecule has 0 bridgehead atoms. The van der Waals surface area contributed by atoms with Crippen molar-refractivity contribution in [3.8, 4) is 0 Å². The molecule has 0 radical (unpaired) electrons. The van der Waals surface area contributed by atoms with Crippen LogP contribution in [0.4, 0.5) is 11.4 Å². The van der Waals surface area contributed by atoms with E-state index in [1.165, 1.54) is 0 Å². The number of carbonyl (C=O) groups is 1. The molecular formula is C15H11ClN4O2. The van der Waals surface area contributed by atoms with E-state index in [0.717, 1.165) is 11.3 Å². The van der Waals surface area contributed by atoms with E-state index >= 15 is 0 Å². The number of carbonyl (C=O) groups excluding carboxylic acids is 1. The van der Waals surface area contributed by atoms with Gasteiger partial charge in [0.05, 0.1) is 11.4 Å². The van der Waals surface area contributed by atoms with Crippen molar-refractivity contribution in [1.82, 2.24) is 5.43 Å². The number of benzene rings is 2. The van der Waals surface area contributed by atoms with E-state index in [2.05, 4.69) is 20.8 Å². The van der Waals surface area contributed by atoms with E-state index in [1.54, 1.807) is 48.5 Å². The van der Waals surface area contributed by atoms with Crippen molar-refractivity contribution in [2.75, 3.05) is 6.61 Å². The largest absolute Gasteiger partial charge is 0.466 e. The average Bonchev–Trinajstić information content (AvgIpc) is 2.56. The van der Waals surface area contributed by atoms with Crippen LogP contribution in [-0.4, -0.2) is 18.4 Å². The summed E-state index contributed by atoms with van der Waals surface area (Å²) in [4.78, 5) is 11.0. The number of hydrogen-bond donors (Lipinski definition) is 1. The molecule has 1 aliphatic heterocycles. The van der Waals surface area contributed by atoms with Crippen LogP contribution in [0.3, 0.4) is 0 Å². The molecule has 1 heterocycles. The Morgan fingerprint density at radius 1 is 1.00 bits per heavy atom. The Balaban J connectivity index is 1.71. The quantitative estimate of drug-likeness (QED) is 0.879. The summed E-state index contributed by atoms with van der Waals surface area (Å²) in [7, 11) is 0. The summed E-state index contributed by atoms with van der Waals surface area (Å²) in [6.45, 7) is -0.0309. The Kier molecular flexibility index (Phi) is 4.11. The van der Waals surface area contributed by atoms with Gasteiger partial charge in [-0.25, -0.2) is 5.43 Å². The second-order valence-electron chi connectivity index (χ2n) is 4.46. The van der Waals surface area contributed by atoms with Crippen LogP contribution >= 0.6 is 11.6 Å². The molecule has 110 valence electrons. The fourth-order valence-corrected chi connectivity index (χ4v) is 1.88. The third kappa shape index (κ3) is 3.48. The molecule has 0 spiro atoms. The van der Waals surface area contributed by atoms with Crippen molar-refractivity contribution >= 4 is 34.8 Å². The summed E-state index contributed by atoms with van der Waals surface area (Å²) in [6, 6.07) is 14.3. The van der Waals surface area contributed by atoms with Gasteiger partial charge in [0.15, 0.2) is 6.61 Å². The predicted molar refractivity (Wildman–Crippen MR) is 82.7 cm³/mol.